The van der Waals surface area contributed by atoms with Crippen molar-refractivity contribution in [3.8, 4) is 11.3 Å². The maximum atomic E-state index is 12.6. The first-order valence-electron chi connectivity index (χ1n) is 10.8. The molecule has 5 rings (SSSR count). The van der Waals surface area contributed by atoms with E-state index in [0.717, 1.165) is 56.1 Å². The Hall–Kier alpha value is -2.93. The number of piperidine rings is 1. The van der Waals surface area contributed by atoms with Crippen LogP contribution in [-0.4, -0.2) is 42.5 Å². The minimum atomic E-state index is 0.00725. The molecule has 1 saturated carbocycles. The second kappa shape index (κ2) is 8.44. The van der Waals surface area contributed by atoms with Crippen LogP contribution >= 0.6 is 0 Å². The van der Waals surface area contributed by atoms with Crippen LogP contribution in [0.4, 0.5) is 0 Å². The molecule has 0 aromatic carbocycles. The van der Waals surface area contributed by atoms with Gasteiger partial charge >= 0.3 is 0 Å². The molecule has 7 heteroatoms. The number of nitrogens with zero attached hydrogens (tertiary/aromatic N) is 6. The van der Waals surface area contributed by atoms with Gasteiger partial charge in [-0.2, -0.15) is 0 Å². The van der Waals surface area contributed by atoms with Gasteiger partial charge in [0.05, 0.1) is 17.7 Å². The minimum absolute atomic E-state index is 0.00725. The quantitative estimate of drug-likeness (QED) is 0.631. The summed E-state index contributed by atoms with van der Waals surface area (Å²) in [6.45, 7) is 3.68. The van der Waals surface area contributed by atoms with E-state index < -0.39 is 0 Å². The molecule has 154 valence electrons. The van der Waals surface area contributed by atoms with Crippen LogP contribution < -0.4 is 5.56 Å². The third-order valence-corrected chi connectivity index (χ3v) is 6.08. The average molecular weight is 403 g/mol. The third kappa shape index (κ3) is 4.46. The maximum Gasteiger partial charge on any atom is 0.253 e. The molecule has 3 aromatic heterocycles. The summed E-state index contributed by atoms with van der Waals surface area (Å²) >= 11 is 0. The minimum Gasteiger partial charge on any atom is -0.299 e. The van der Waals surface area contributed by atoms with Gasteiger partial charge in [0.15, 0.2) is 0 Å². The average Bonchev–Trinajstić information content (AvgIpc) is 3.63. The fraction of sp³-hybridized carbons (Fsp3) is 0.435. The van der Waals surface area contributed by atoms with Gasteiger partial charge in [0, 0.05) is 49.2 Å². The Morgan fingerprint density at radius 2 is 1.77 bits per heavy atom. The van der Waals surface area contributed by atoms with Gasteiger partial charge in [-0.25, -0.2) is 15.0 Å². The number of hydrogen-bond donors (Lipinski definition) is 0. The Morgan fingerprint density at radius 3 is 2.50 bits per heavy atom. The van der Waals surface area contributed by atoms with E-state index in [-0.39, 0.29) is 5.56 Å². The number of pyridine rings is 1. The molecule has 0 bridgehead atoms. The van der Waals surface area contributed by atoms with Crippen molar-refractivity contribution in [2.45, 2.75) is 44.7 Å². The van der Waals surface area contributed by atoms with Crippen molar-refractivity contribution in [1.29, 1.82) is 0 Å². The van der Waals surface area contributed by atoms with E-state index in [0.29, 0.717) is 17.5 Å². The largest absolute Gasteiger partial charge is 0.299 e. The van der Waals surface area contributed by atoms with Gasteiger partial charge in [0.25, 0.3) is 5.56 Å². The highest BCUT2D eigenvalue weighted by atomic mass is 16.1. The highest BCUT2D eigenvalue weighted by molar-refractivity contribution is 5.57. The molecule has 1 aliphatic carbocycles. The monoisotopic (exact) mass is 402 g/mol. The zero-order valence-corrected chi connectivity index (χ0v) is 17.0. The summed E-state index contributed by atoms with van der Waals surface area (Å²) in [5.74, 6) is 2.11. The molecule has 0 spiro atoms. The second-order valence-corrected chi connectivity index (χ2v) is 8.40. The molecule has 2 aliphatic rings. The van der Waals surface area contributed by atoms with Crippen molar-refractivity contribution in [3.63, 3.8) is 0 Å². The summed E-state index contributed by atoms with van der Waals surface area (Å²) in [6.07, 6.45) is 11.6. The summed E-state index contributed by atoms with van der Waals surface area (Å²) in [7, 11) is 0. The van der Waals surface area contributed by atoms with Crippen LogP contribution in [0.25, 0.3) is 11.3 Å². The van der Waals surface area contributed by atoms with Gasteiger partial charge in [-0.1, -0.05) is 0 Å². The van der Waals surface area contributed by atoms with E-state index in [9.17, 15) is 4.79 Å². The molecule has 0 unspecified atom stereocenters. The Labute approximate surface area is 175 Å². The SMILES string of the molecule is O=c1cc(-c2ccncc2)ncn1CC1CCN(Cc2ccnc(C3CC3)n2)CC1. The molecule has 0 radical (unpaired) electrons. The number of likely N-dealkylation sites (tertiary alicyclic amines) is 1. The van der Waals surface area contributed by atoms with E-state index in [4.69, 9.17) is 4.98 Å². The van der Waals surface area contributed by atoms with Gasteiger partial charge in [0.1, 0.15) is 5.82 Å². The van der Waals surface area contributed by atoms with E-state index in [1.807, 2.05) is 24.4 Å². The first-order chi connectivity index (χ1) is 14.7. The molecule has 7 nitrogen and oxygen atoms in total. The molecule has 1 aliphatic heterocycles. The fourth-order valence-corrected chi connectivity index (χ4v) is 4.12. The smallest absolute Gasteiger partial charge is 0.253 e. The first kappa shape index (κ1) is 19.1. The van der Waals surface area contributed by atoms with Crippen molar-refractivity contribution in [2.75, 3.05) is 13.1 Å². The normalized spacial score (nSPS) is 17.9. The Morgan fingerprint density at radius 1 is 0.967 bits per heavy atom. The molecular weight excluding hydrogens is 376 g/mol. The van der Waals surface area contributed by atoms with Gasteiger partial charge in [-0.05, 0) is 62.9 Å². The number of aromatic nitrogens is 5. The lowest BCUT2D eigenvalue weighted by Crippen LogP contribution is -2.36. The summed E-state index contributed by atoms with van der Waals surface area (Å²) in [4.78, 5) is 32.7. The van der Waals surface area contributed by atoms with Crippen molar-refractivity contribution in [1.82, 2.24) is 29.4 Å². The molecule has 0 amide bonds. The molecule has 30 heavy (non-hydrogen) atoms. The van der Waals surface area contributed by atoms with Gasteiger partial charge in [-0.15, -0.1) is 0 Å². The predicted octanol–water partition coefficient (Wildman–Crippen LogP) is 2.88. The molecular formula is C23H26N6O. The van der Waals surface area contributed by atoms with Crippen LogP contribution in [0, 0.1) is 5.92 Å². The Bertz CT molecular complexity index is 1050. The highest BCUT2D eigenvalue weighted by Crippen LogP contribution is 2.37. The van der Waals surface area contributed by atoms with Gasteiger partial charge < -0.3 is 0 Å². The van der Waals surface area contributed by atoms with E-state index in [1.54, 1.807) is 29.4 Å². The van der Waals surface area contributed by atoms with E-state index >= 15 is 0 Å². The lowest BCUT2D eigenvalue weighted by Gasteiger charge is -2.31. The van der Waals surface area contributed by atoms with Gasteiger partial charge in [0.2, 0.25) is 0 Å². The van der Waals surface area contributed by atoms with Crippen LogP contribution in [0.3, 0.4) is 0 Å². The summed E-state index contributed by atoms with van der Waals surface area (Å²) in [5.41, 5.74) is 2.74. The van der Waals surface area contributed by atoms with Crippen LogP contribution in [-0.2, 0) is 13.1 Å². The lowest BCUT2D eigenvalue weighted by atomic mass is 9.96. The van der Waals surface area contributed by atoms with Crippen LogP contribution in [0.5, 0.6) is 0 Å². The number of rotatable bonds is 6. The van der Waals surface area contributed by atoms with Crippen molar-refractivity contribution in [2.24, 2.45) is 5.92 Å². The lowest BCUT2D eigenvalue weighted by molar-refractivity contribution is 0.164. The van der Waals surface area contributed by atoms with Gasteiger partial charge in [-0.3, -0.25) is 19.2 Å². The topological polar surface area (TPSA) is 76.8 Å². The van der Waals surface area contributed by atoms with Crippen LogP contribution in [0.2, 0.25) is 0 Å². The third-order valence-electron chi connectivity index (χ3n) is 6.08. The van der Waals surface area contributed by atoms with Crippen molar-refractivity contribution in [3.05, 3.63) is 71.1 Å². The summed E-state index contributed by atoms with van der Waals surface area (Å²) in [6, 6.07) is 7.39. The summed E-state index contributed by atoms with van der Waals surface area (Å²) in [5, 5.41) is 0. The first-order valence-corrected chi connectivity index (χ1v) is 10.8. The predicted molar refractivity (Wildman–Crippen MR) is 114 cm³/mol. The molecule has 3 aromatic rings. The molecule has 4 heterocycles. The molecule has 0 N–H and O–H groups in total. The molecule has 0 atom stereocenters. The zero-order valence-electron chi connectivity index (χ0n) is 17.0. The van der Waals surface area contributed by atoms with Crippen molar-refractivity contribution >= 4 is 0 Å². The van der Waals surface area contributed by atoms with E-state index in [2.05, 4.69) is 19.9 Å². The molecule has 1 saturated heterocycles. The highest BCUT2D eigenvalue weighted by Gasteiger charge is 2.27. The van der Waals surface area contributed by atoms with E-state index in [1.165, 1.54) is 12.8 Å². The number of hydrogen-bond acceptors (Lipinski definition) is 6. The Balaban J connectivity index is 1.16. The zero-order chi connectivity index (χ0) is 20.3. The maximum absolute atomic E-state index is 12.6. The standard InChI is InChI=1S/C23H26N6O/c30-22-13-21(18-3-8-24-9-4-18)26-16-29(22)14-17-6-11-28(12-7-17)15-20-5-10-25-23(27-20)19-1-2-19/h3-5,8-10,13,16-17,19H,1-2,6-7,11-12,14-15H2. The van der Waals surface area contributed by atoms with Crippen molar-refractivity contribution < 1.29 is 0 Å². The molecule has 2 fully saturated rings. The fourth-order valence-electron chi connectivity index (χ4n) is 4.12. The Kier molecular flexibility index (Phi) is 5.36. The van der Waals surface area contributed by atoms with Crippen LogP contribution in [0.1, 0.15) is 43.1 Å². The van der Waals surface area contributed by atoms with Crippen LogP contribution in [0.15, 0.2) is 54.0 Å². The second-order valence-electron chi connectivity index (χ2n) is 8.40. The summed E-state index contributed by atoms with van der Waals surface area (Å²) < 4.78 is 1.75.